The smallest absolute Gasteiger partial charge is 0.133 e. The first-order chi connectivity index (χ1) is 9.31. The normalized spacial score (nSPS) is 20.5. The summed E-state index contributed by atoms with van der Waals surface area (Å²) in [6.07, 6.45) is 6.48. The minimum absolute atomic E-state index is 0.807. The van der Waals surface area contributed by atoms with Crippen molar-refractivity contribution in [1.82, 2.24) is 5.32 Å². The summed E-state index contributed by atoms with van der Waals surface area (Å²) in [7, 11) is 0. The second-order valence-electron chi connectivity index (χ2n) is 5.92. The standard InChI is InChI=1S/C16H22BrNO/c17-15-10-14(9-12-5-7-18-8-6-12)3-4-16(15)19-11-13-1-2-13/h3-4,10,12-13,18H,1-2,5-9,11H2. The van der Waals surface area contributed by atoms with Crippen LogP contribution in [0, 0.1) is 11.8 Å². The quantitative estimate of drug-likeness (QED) is 0.890. The van der Waals surface area contributed by atoms with Gasteiger partial charge in [0, 0.05) is 0 Å². The zero-order valence-corrected chi connectivity index (χ0v) is 12.9. The van der Waals surface area contributed by atoms with Gasteiger partial charge in [0.1, 0.15) is 5.75 Å². The van der Waals surface area contributed by atoms with Crippen molar-refractivity contribution in [3.8, 4) is 5.75 Å². The van der Waals surface area contributed by atoms with Crippen LogP contribution in [0.2, 0.25) is 0 Å². The van der Waals surface area contributed by atoms with E-state index in [0.717, 1.165) is 28.7 Å². The molecular weight excluding hydrogens is 302 g/mol. The van der Waals surface area contributed by atoms with E-state index in [1.165, 1.54) is 50.8 Å². The molecule has 0 spiro atoms. The van der Waals surface area contributed by atoms with Crippen molar-refractivity contribution in [2.75, 3.05) is 19.7 Å². The molecule has 1 saturated heterocycles. The van der Waals surface area contributed by atoms with Gasteiger partial charge in [-0.25, -0.2) is 0 Å². The topological polar surface area (TPSA) is 21.3 Å². The second-order valence-corrected chi connectivity index (χ2v) is 6.77. The molecule has 0 unspecified atom stereocenters. The lowest BCUT2D eigenvalue weighted by atomic mass is 9.91. The van der Waals surface area contributed by atoms with Gasteiger partial charge in [-0.1, -0.05) is 6.07 Å². The van der Waals surface area contributed by atoms with Crippen LogP contribution in [-0.2, 0) is 6.42 Å². The highest BCUT2D eigenvalue weighted by molar-refractivity contribution is 9.10. The van der Waals surface area contributed by atoms with Crippen LogP contribution in [0.15, 0.2) is 22.7 Å². The van der Waals surface area contributed by atoms with Gasteiger partial charge in [0.15, 0.2) is 0 Å². The summed E-state index contributed by atoms with van der Waals surface area (Å²) in [6, 6.07) is 6.60. The van der Waals surface area contributed by atoms with Gasteiger partial charge < -0.3 is 10.1 Å². The van der Waals surface area contributed by atoms with Gasteiger partial charge in [0.05, 0.1) is 11.1 Å². The van der Waals surface area contributed by atoms with Gasteiger partial charge in [-0.2, -0.15) is 0 Å². The summed E-state index contributed by atoms with van der Waals surface area (Å²) in [4.78, 5) is 0. The fraction of sp³-hybridized carbons (Fsp3) is 0.625. The molecule has 1 aliphatic carbocycles. The summed E-state index contributed by atoms with van der Waals surface area (Å²) in [6.45, 7) is 3.23. The van der Waals surface area contributed by atoms with Gasteiger partial charge in [-0.3, -0.25) is 0 Å². The van der Waals surface area contributed by atoms with Crippen LogP contribution >= 0.6 is 15.9 Å². The minimum atomic E-state index is 0.807. The Morgan fingerprint density at radius 3 is 2.58 bits per heavy atom. The van der Waals surface area contributed by atoms with Crippen molar-refractivity contribution in [3.05, 3.63) is 28.2 Å². The molecule has 0 atom stereocenters. The zero-order chi connectivity index (χ0) is 13.1. The molecule has 0 radical (unpaired) electrons. The highest BCUT2D eigenvalue weighted by Gasteiger charge is 2.22. The van der Waals surface area contributed by atoms with Gasteiger partial charge in [-0.05, 0) is 90.7 Å². The lowest BCUT2D eigenvalue weighted by molar-refractivity contribution is 0.298. The number of hydrogen-bond donors (Lipinski definition) is 1. The van der Waals surface area contributed by atoms with Gasteiger partial charge >= 0.3 is 0 Å². The molecular formula is C16H22BrNO. The van der Waals surface area contributed by atoms with Crippen molar-refractivity contribution >= 4 is 15.9 Å². The predicted octanol–water partition coefficient (Wildman–Crippen LogP) is 3.78. The van der Waals surface area contributed by atoms with Crippen LogP contribution in [0.3, 0.4) is 0 Å². The fourth-order valence-electron chi connectivity index (χ4n) is 2.70. The Kier molecular flexibility index (Phi) is 4.44. The number of nitrogens with one attached hydrogen (secondary N) is 1. The first-order valence-corrected chi connectivity index (χ1v) is 8.22. The van der Waals surface area contributed by atoms with Crippen molar-refractivity contribution in [3.63, 3.8) is 0 Å². The predicted molar refractivity (Wildman–Crippen MR) is 81.7 cm³/mol. The monoisotopic (exact) mass is 323 g/mol. The van der Waals surface area contributed by atoms with Crippen molar-refractivity contribution in [2.45, 2.75) is 32.1 Å². The molecule has 1 aromatic carbocycles. The van der Waals surface area contributed by atoms with Crippen LogP contribution < -0.4 is 10.1 Å². The van der Waals surface area contributed by atoms with Crippen LogP contribution in [0.1, 0.15) is 31.2 Å². The minimum Gasteiger partial charge on any atom is -0.492 e. The lowest BCUT2D eigenvalue weighted by Gasteiger charge is -2.22. The maximum atomic E-state index is 5.85. The number of piperidine rings is 1. The third-order valence-electron chi connectivity index (χ3n) is 4.15. The van der Waals surface area contributed by atoms with Crippen LogP contribution in [0.5, 0.6) is 5.75 Å². The molecule has 1 aliphatic heterocycles. The highest BCUT2D eigenvalue weighted by Crippen LogP contribution is 2.32. The Labute approximate surface area is 124 Å². The fourth-order valence-corrected chi connectivity index (χ4v) is 3.24. The summed E-state index contributed by atoms with van der Waals surface area (Å²) in [5, 5.41) is 3.42. The molecule has 104 valence electrons. The number of halogens is 1. The van der Waals surface area contributed by atoms with Crippen LogP contribution in [0.25, 0.3) is 0 Å². The molecule has 1 heterocycles. The molecule has 1 aromatic rings. The van der Waals surface area contributed by atoms with E-state index in [9.17, 15) is 0 Å². The highest BCUT2D eigenvalue weighted by atomic mass is 79.9. The molecule has 1 saturated carbocycles. The maximum Gasteiger partial charge on any atom is 0.133 e. The average molecular weight is 324 g/mol. The maximum absolute atomic E-state index is 5.85. The van der Waals surface area contributed by atoms with Crippen LogP contribution in [0.4, 0.5) is 0 Å². The molecule has 0 amide bonds. The summed E-state index contributed by atoms with van der Waals surface area (Å²) >= 11 is 3.65. The van der Waals surface area contributed by atoms with Gasteiger partial charge in [0.25, 0.3) is 0 Å². The van der Waals surface area contributed by atoms with Crippen molar-refractivity contribution in [1.29, 1.82) is 0 Å². The third-order valence-corrected chi connectivity index (χ3v) is 4.77. The van der Waals surface area contributed by atoms with Crippen molar-refractivity contribution in [2.24, 2.45) is 11.8 Å². The van der Waals surface area contributed by atoms with E-state index >= 15 is 0 Å². The number of rotatable bonds is 5. The van der Waals surface area contributed by atoms with E-state index in [4.69, 9.17) is 4.74 Å². The third kappa shape index (κ3) is 3.96. The molecule has 1 N–H and O–H groups in total. The Morgan fingerprint density at radius 1 is 1.11 bits per heavy atom. The first kappa shape index (κ1) is 13.4. The largest absolute Gasteiger partial charge is 0.492 e. The summed E-state index contributed by atoms with van der Waals surface area (Å²) in [5.74, 6) is 2.65. The second kappa shape index (κ2) is 6.27. The van der Waals surface area contributed by atoms with Gasteiger partial charge in [-0.15, -0.1) is 0 Å². The number of benzene rings is 1. The molecule has 2 fully saturated rings. The lowest BCUT2D eigenvalue weighted by Crippen LogP contribution is -2.28. The zero-order valence-electron chi connectivity index (χ0n) is 11.3. The molecule has 3 heteroatoms. The molecule has 0 aromatic heterocycles. The molecule has 0 bridgehead atoms. The Bertz CT molecular complexity index is 425. The molecule has 3 rings (SSSR count). The summed E-state index contributed by atoms with van der Waals surface area (Å²) < 4.78 is 6.96. The molecule has 2 aliphatic rings. The van der Waals surface area contributed by atoms with Crippen molar-refractivity contribution < 1.29 is 4.74 Å². The summed E-state index contributed by atoms with van der Waals surface area (Å²) in [5.41, 5.74) is 1.43. The van der Waals surface area contributed by atoms with E-state index in [1.807, 2.05) is 0 Å². The van der Waals surface area contributed by atoms with E-state index in [0.29, 0.717) is 0 Å². The van der Waals surface area contributed by atoms with E-state index < -0.39 is 0 Å². The van der Waals surface area contributed by atoms with E-state index in [2.05, 4.69) is 39.4 Å². The van der Waals surface area contributed by atoms with E-state index in [-0.39, 0.29) is 0 Å². The Hall–Kier alpha value is -0.540. The van der Waals surface area contributed by atoms with Crippen LogP contribution in [-0.4, -0.2) is 19.7 Å². The SMILES string of the molecule is Brc1cc(CC2CCNCC2)ccc1OCC1CC1. The number of ether oxygens (including phenoxy) is 1. The van der Waals surface area contributed by atoms with Gasteiger partial charge in [0.2, 0.25) is 0 Å². The average Bonchev–Trinajstić information content (AvgIpc) is 3.23. The molecule has 19 heavy (non-hydrogen) atoms. The van der Waals surface area contributed by atoms with E-state index in [1.54, 1.807) is 0 Å². The first-order valence-electron chi connectivity index (χ1n) is 7.43. The Balaban J connectivity index is 1.57. The molecule has 2 nitrogen and oxygen atoms in total. The number of hydrogen-bond acceptors (Lipinski definition) is 2. The Morgan fingerprint density at radius 2 is 1.89 bits per heavy atom.